The van der Waals surface area contributed by atoms with Crippen LogP contribution in [0.2, 0.25) is 0 Å². The number of esters is 1. The molecule has 0 aliphatic carbocycles. The molecule has 0 atom stereocenters. The molecule has 0 bridgehead atoms. The Labute approximate surface area is 154 Å². The topological polar surface area (TPSA) is 26.3 Å². The first-order valence-electron chi connectivity index (χ1n) is 7.64. The van der Waals surface area contributed by atoms with Gasteiger partial charge in [0.25, 0.3) is 0 Å². The summed E-state index contributed by atoms with van der Waals surface area (Å²) in [5.41, 5.74) is 1.78. The summed E-state index contributed by atoms with van der Waals surface area (Å²) < 4.78 is 33.7. The molecule has 1 aliphatic heterocycles. The summed E-state index contributed by atoms with van der Waals surface area (Å²) in [6, 6.07) is 8.50. The average Bonchev–Trinajstić information content (AvgIpc) is 2.70. The molecule has 6 heteroatoms. The van der Waals surface area contributed by atoms with Crippen LogP contribution in [0.5, 0.6) is 0 Å². The Bertz CT molecular complexity index is 812. The molecule has 1 aliphatic rings. The van der Waals surface area contributed by atoms with Gasteiger partial charge in [-0.2, -0.15) is 0 Å². The van der Waals surface area contributed by atoms with Crippen LogP contribution in [0.15, 0.2) is 46.4 Å². The lowest BCUT2D eigenvalue weighted by atomic mass is 9.83. The van der Waals surface area contributed by atoms with Crippen LogP contribution in [0.3, 0.4) is 0 Å². The first-order valence-corrected chi connectivity index (χ1v) is 8.43. The summed E-state index contributed by atoms with van der Waals surface area (Å²) in [5.74, 6) is -1.77. The second-order valence-electron chi connectivity index (χ2n) is 6.45. The van der Waals surface area contributed by atoms with Gasteiger partial charge in [0.2, 0.25) is 0 Å². The Balaban J connectivity index is 2.35. The Morgan fingerprint density at radius 2 is 1.68 bits per heavy atom. The molecule has 0 N–H and O–H groups in total. The number of benzene rings is 2. The van der Waals surface area contributed by atoms with Crippen molar-refractivity contribution in [2.75, 3.05) is 0 Å². The smallest absolute Gasteiger partial charge is 0.310 e. The third-order valence-corrected chi connectivity index (χ3v) is 4.54. The molecule has 0 amide bonds. The molecule has 0 saturated carbocycles. The van der Waals surface area contributed by atoms with Crippen LogP contribution in [0.4, 0.5) is 8.78 Å². The van der Waals surface area contributed by atoms with E-state index in [2.05, 4.69) is 15.9 Å². The van der Waals surface area contributed by atoms with Gasteiger partial charge in [0.15, 0.2) is 0 Å². The fourth-order valence-electron chi connectivity index (χ4n) is 3.10. The number of rotatable bonds is 2. The SMILES string of the molecule is [B]c1cc(Br)cc(/C(=C2/CC(=O)OC2(C)C)c2cc(F)cc(F)c2)c1. The quantitative estimate of drug-likeness (QED) is 0.559. The van der Waals surface area contributed by atoms with Gasteiger partial charge in [0.05, 0.1) is 6.42 Å². The van der Waals surface area contributed by atoms with Crippen LogP contribution in [0.1, 0.15) is 31.4 Å². The van der Waals surface area contributed by atoms with Crippen molar-refractivity contribution in [1.82, 2.24) is 0 Å². The third kappa shape index (κ3) is 3.69. The zero-order chi connectivity index (χ0) is 18.4. The van der Waals surface area contributed by atoms with Gasteiger partial charge in [-0.3, -0.25) is 4.79 Å². The van der Waals surface area contributed by atoms with Gasteiger partial charge in [0, 0.05) is 10.5 Å². The fourth-order valence-corrected chi connectivity index (χ4v) is 3.61. The summed E-state index contributed by atoms with van der Waals surface area (Å²) in [6.45, 7) is 3.51. The second-order valence-corrected chi connectivity index (χ2v) is 7.36. The summed E-state index contributed by atoms with van der Waals surface area (Å²) in [7, 11) is 5.93. The van der Waals surface area contributed by atoms with Gasteiger partial charge in [-0.25, -0.2) is 8.78 Å². The van der Waals surface area contributed by atoms with Crippen LogP contribution in [0, 0.1) is 11.6 Å². The van der Waals surface area contributed by atoms with E-state index in [-0.39, 0.29) is 12.4 Å². The molecule has 25 heavy (non-hydrogen) atoms. The van der Waals surface area contributed by atoms with Crippen LogP contribution >= 0.6 is 15.9 Å². The average molecular weight is 403 g/mol. The molecule has 2 radical (unpaired) electrons. The van der Waals surface area contributed by atoms with Gasteiger partial charge >= 0.3 is 5.97 Å². The molecule has 0 unspecified atom stereocenters. The van der Waals surface area contributed by atoms with Crippen LogP contribution < -0.4 is 5.46 Å². The first-order chi connectivity index (χ1) is 11.7. The van der Waals surface area contributed by atoms with Crippen molar-refractivity contribution in [3.63, 3.8) is 0 Å². The summed E-state index contributed by atoms with van der Waals surface area (Å²) in [5, 5.41) is 0. The number of hydrogen-bond acceptors (Lipinski definition) is 2. The lowest BCUT2D eigenvalue weighted by molar-refractivity contribution is -0.145. The van der Waals surface area contributed by atoms with Gasteiger partial charge < -0.3 is 4.74 Å². The van der Waals surface area contributed by atoms with Crippen LogP contribution in [-0.4, -0.2) is 19.4 Å². The summed E-state index contributed by atoms with van der Waals surface area (Å²) in [4.78, 5) is 11.9. The highest BCUT2D eigenvalue weighted by molar-refractivity contribution is 9.10. The van der Waals surface area contributed by atoms with E-state index >= 15 is 0 Å². The standard InChI is InChI=1S/C19H14BBrF2O2/c1-19(2)16(9-17(24)25-19)18(10-3-12(20)7-13(21)4-10)11-5-14(22)8-15(23)6-11/h3-8H,9H2,1-2H3/b18-16+. The van der Waals surface area contributed by atoms with Gasteiger partial charge in [0.1, 0.15) is 25.1 Å². The molecular formula is C19H14BBrF2O2. The molecule has 1 fully saturated rings. The second kappa shape index (κ2) is 6.41. The van der Waals surface area contributed by atoms with Crippen molar-refractivity contribution in [1.29, 1.82) is 0 Å². The lowest BCUT2D eigenvalue weighted by Gasteiger charge is -2.23. The number of ether oxygens (including phenoxy) is 1. The Hall–Kier alpha value is -1.95. The fraction of sp³-hybridized carbons (Fsp3) is 0.211. The van der Waals surface area contributed by atoms with E-state index in [1.165, 1.54) is 12.1 Å². The molecular weight excluding hydrogens is 389 g/mol. The third-order valence-electron chi connectivity index (χ3n) is 4.08. The number of cyclic esters (lactones) is 1. The highest BCUT2D eigenvalue weighted by Gasteiger charge is 2.39. The highest BCUT2D eigenvalue weighted by atomic mass is 79.9. The van der Waals surface area contributed by atoms with Crippen molar-refractivity contribution in [2.45, 2.75) is 25.9 Å². The maximum Gasteiger partial charge on any atom is 0.310 e. The van der Waals surface area contributed by atoms with Crippen molar-refractivity contribution < 1.29 is 18.3 Å². The van der Waals surface area contributed by atoms with E-state index in [0.29, 0.717) is 27.7 Å². The zero-order valence-corrected chi connectivity index (χ0v) is 15.3. The monoisotopic (exact) mass is 402 g/mol. The minimum atomic E-state index is -0.883. The largest absolute Gasteiger partial charge is 0.455 e. The van der Waals surface area contributed by atoms with Crippen LogP contribution in [-0.2, 0) is 9.53 Å². The number of carbonyl (C=O) groups excluding carboxylic acids is 1. The van der Waals surface area contributed by atoms with Gasteiger partial charge in [-0.05, 0) is 54.3 Å². The van der Waals surface area contributed by atoms with E-state index in [0.717, 1.165) is 10.5 Å². The predicted molar refractivity (Wildman–Crippen MR) is 96.7 cm³/mol. The van der Waals surface area contributed by atoms with Crippen LogP contribution in [0.25, 0.3) is 5.57 Å². The van der Waals surface area contributed by atoms with Gasteiger partial charge in [-0.1, -0.05) is 33.5 Å². The minimum Gasteiger partial charge on any atom is -0.455 e. The van der Waals surface area contributed by atoms with Crippen molar-refractivity contribution in [3.8, 4) is 0 Å². The van der Waals surface area contributed by atoms with E-state index < -0.39 is 17.2 Å². The molecule has 1 saturated heterocycles. The molecule has 126 valence electrons. The van der Waals surface area contributed by atoms with E-state index in [1.54, 1.807) is 32.0 Å². The maximum absolute atomic E-state index is 13.8. The lowest BCUT2D eigenvalue weighted by Crippen LogP contribution is -2.22. The molecule has 1 heterocycles. The number of halogens is 3. The number of hydrogen-bond donors (Lipinski definition) is 0. The van der Waals surface area contributed by atoms with E-state index in [4.69, 9.17) is 12.6 Å². The summed E-state index contributed by atoms with van der Waals surface area (Å²) >= 11 is 3.38. The summed E-state index contributed by atoms with van der Waals surface area (Å²) in [6.07, 6.45) is 0.0485. The predicted octanol–water partition coefficient (Wildman–Crippen LogP) is 4.05. The normalized spacial score (nSPS) is 18.2. The van der Waals surface area contributed by atoms with Crippen molar-refractivity contribution in [2.24, 2.45) is 0 Å². The van der Waals surface area contributed by atoms with Crippen molar-refractivity contribution >= 4 is 40.8 Å². The zero-order valence-electron chi connectivity index (χ0n) is 13.7. The molecule has 2 aromatic carbocycles. The van der Waals surface area contributed by atoms with Gasteiger partial charge in [-0.15, -0.1) is 0 Å². The highest BCUT2D eigenvalue weighted by Crippen LogP contribution is 2.41. The Morgan fingerprint density at radius 3 is 2.20 bits per heavy atom. The Morgan fingerprint density at radius 1 is 1.08 bits per heavy atom. The first kappa shape index (κ1) is 17.9. The molecule has 2 nitrogen and oxygen atoms in total. The minimum absolute atomic E-state index is 0.0485. The van der Waals surface area contributed by atoms with E-state index in [1.807, 2.05) is 0 Å². The molecule has 3 rings (SSSR count). The molecule has 0 spiro atoms. The van der Waals surface area contributed by atoms with Crippen molar-refractivity contribution in [3.05, 3.63) is 69.2 Å². The van der Waals surface area contributed by atoms with E-state index in [9.17, 15) is 13.6 Å². The molecule has 0 aromatic heterocycles. The maximum atomic E-state index is 13.8. The molecule has 2 aromatic rings. The Kier molecular flexibility index (Phi) is 4.58. The number of carbonyl (C=O) groups is 1.